The van der Waals surface area contributed by atoms with E-state index < -0.39 is 42.3 Å². The molecule has 0 saturated heterocycles. The average molecular weight is 609 g/mol. The van der Waals surface area contributed by atoms with Crippen LogP contribution in [0.1, 0.15) is 80.2 Å². The highest BCUT2D eigenvalue weighted by Crippen LogP contribution is 2.44. The summed E-state index contributed by atoms with van der Waals surface area (Å²) in [6.45, 7) is 1.70. The molecule has 3 aromatic rings. The molecule has 6 rings (SSSR count). The molecule has 230 valence electrons. The zero-order valence-corrected chi connectivity index (χ0v) is 23.1. The number of benzene rings is 2. The largest absolute Gasteiger partial charge is 0.586 e. The van der Waals surface area contributed by atoms with Gasteiger partial charge in [-0.25, -0.2) is 4.68 Å². The number of carbonyl (C=O) groups is 1. The average Bonchev–Trinajstić information content (AvgIpc) is 3.50. The van der Waals surface area contributed by atoms with Crippen molar-refractivity contribution in [2.24, 2.45) is 5.92 Å². The lowest BCUT2D eigenvalue weighted by molar-refractivity contribution is -0.286. The molecule has 43 heavy (non-hydrogen) atoms. The molecule has 2 heterocycles. The van der Waals surface area contributed by atoms with E-state index in [1.807, 2.05) is 0 Å². The second kappa shape index (κ2) is 11.0. The molecule has 1 saturated carbocycles. The van der Waals surface area contributed by atoms with Gasteiger partial charge in [-0.2, -0.15) is 18.3 Å². The van der Waals surface area contributed by atoms with Crippen molar-refractivity contribution in [2.75, 3.05) is 0 Å². The van der Waals surface area contributed by atoms with E-state index in [2.05, 4.69) is 14.6 Å². The van der Waals surface area contributed by atoms with E-state index >= 15 is 0 Å². The summed E-state index contributed by atoms with van der Waals surface area (Å²) in [7, 11) is 0. The summed E-state index contributed by atoms with van der Waals surface area (Å²) in [5.74, 6) is -1.18. The number of hydrogen-bond donors (Lipinski definition) is 1. The molecule has 3 aliphatic rings. The molecule has 1 unspecified atom stereocenters. The van der Waals surface area contributed by atoms with Gasteiger partial charge in [-0.3, -0.25) is 4.79 Å². The van der Waals surface area contributed by atoms with E-state index in [-0.39, 0.29) is 29.6 Å². The van der Waals surface area contributed by atoms with Gasteiger partial charge in [0.25, 0.3) is 0 Å². The summed E-state index contributed by atoms with van der Waals surface area (Å²) < 4.78 is 91.9. The second-order valence-corrected chi connectivity index (χ2v) is 11.1. The molecule has 0 amide bonds. The minimum absolute atomic E-state index is 0.0971. The van der Waals surface area contributed by atoms with Crippen molar-refractivity contribution in [1.29, 1.82) is 0 Å². The van der Waals surface area contributed by atoms with Crippen molar-refractivity contribution in [2.45, 2.75) is 82.7 Å². The number of aliphatic carboxylic acids is 1. The maximum atomic E-state index is 14.1. The number of hydrogen-bond acceptors (Lipinski definition) is 6. The number of halogens is 5. The molecular formula is C30H29F5N2O6. The van der Waals surface area contributed by atoms with Crippen LogP contribution in [0.2, 0.25) is 0 Å². The number of rotatable bonds is 7. The van der Waals surface area contributed by atoms with Gasteiger partial charge in [0.15, 0.2) is 17.2 Å². The fourth-order valence-corrected chi connectivity index (χ4v) is 6.06. The number of fused-ring (bicyclic) bond motifs is 2. The second-order valence-electron chi connectivity index (χ2n) is 11.1. The van der Waals surface area contributed by atoms with Crippen molar-refractivity contribution in [3.05, 3.63) is 65.0 Å². The summed E-state index contributed by atoms with van der Waals surface area (Å²) in [6.07, 6.45) is -6.82. The van der Waals surface area contributed by atoms with Gasteiger partial charge in [-0.1, -0.05) is 12.1 Å². The van der Waals surface area contributed by atoms with E-state index in [9.17, 15) is 31.9 Å². The minimum atomic E-state index is -4.67. The number of alkyl halides is 5. The molecule has 2 atom stereocenters. The van der Waals surface area contributed by atoms with Gasteiger partial charge in [-0.05, 0) is 81.7 Å². The monoisotopic (exact) mass is 608 g/mol. The highest BCUT2D eigenvalue weighted by Gasteiger charge is 2.44. The molecule has 0 radical (unpaired) electrons. The first-order chi connectivity index (χ1) is 20.4. The van der Waals surface area contributed by atoms with Crippen LogP contribution < -0.4 is 14.2 Å². The lowest BCUT2D eigenvalue weighted by atomic mass is 9.87. The van der Waals surface area contributed by atoms with Crippen LogP contribution in [0.5, 0.6) is 17.2 Å². The van der Waals surface area contributed by atoms with Crippen LogP contribution in [0.25, 0.3) is 5.69 Å². The van der Waals surface area contributed by atoms with Crippen molar-refractivity contribution in [3.8, 4) is 22.9 Å². The maximum Gasteiger partial charge on any atom is 0.586 e. The molecule has 2 aromatic carbocycles. The summed E-state index contributed by atoms with van der Waals surface area (Å²) in [5, 5.41) is 13.3. The van der Waals surface area contributed by atoms with Crippen molar-refractivity contribution in [3.63, 3.8) is 0 Å². The third-order valence-electron chi connectivity index (χ3n) is 8.14. The lowest BCUT2D eigenvalue weighted by Crippen LogP contribution is -2.29. The zero-order chi connectivity index (χ0) is 30.5. The van der Waals surface area contributed by atoms with Crippen molar-refractivity contribution < 1.29 is 50.8 Å². The molecule has 1 N–H and O–H groups in total. The molecule has 1 aromatic heterocycles. The Hall–Kier alpha value is -3.87. The lowest BCUT2D eigenvalue weighted by Gasteiger charge is -2.32. The topological polar surface area (TPSA) is 92.0 Å². The normalized spacial score (nSPS) is 23.4. The molecule has 13 heteroatoms. The predicted octanol–water partition coefficient (Wildman–Crippen LogP) is 7.39. The first-order valence-electron chi connectivity index (χ1n) is 14.1. The number of carboxylic acids is 1. The summed E-state index contributed by atoms with van der Waals surface area (Å²) in [6, 6.07) is 10.7. The van der Waals surface area contributed by atoms with E-state index in [1.54, 1.807) is 37.3 Å². The Morgan fingerprint density at radius 1 is 1.07 bits per heavy atom. The van der Waals surface area contributed by atoms with Crippen molar-refractivity contribution in [1.82, 2.24) is 9.78 Å². The van der Waals surface area contributed by atoms with Gasteiger partial charge >= 0.3 is 18.4 Å². The molecular weight excluding hydrogens is 579 g/mol. The highest BCUT2D eigenvalue weighted by atomic mass is 19.4. The van der Waals surface area contributed by atoms with Crippen LogP contribution in [-0.2, 0) is 22.1 Å². The molecule has 1 fully saturated rings. The smallest absolute Gasteiger partial charge is 0.486 e. The SMILES string of the molecule is C[C@@H](Oc1cccc(-n2nc(C(F)(F)F)c3c2C(O[C@H]2CC[C@H](C(=O)O)CC2)CCC3)c1)c1ccc2c(c1)OC(F)(F)O2. The Balaban J connectivity index is 1.27. The summed E-state index contributed by atoms with van der Waals surface area (Å²) in [4.78, 5) is 11.3. The number of carboxylic acid groups (broad SMARTS) is 1. The first kappa shape index (κ1) is 29.2. The van der Waals surface area contributed by atoms with E-state index in [0.29, 0.717) is 61.2 Å². The fraction of sp³-hybridized carbons (Fsp3) is 0.467. The van der Waals surface area contributed by atoms with E-state index in [4.69, 9.17) is 9.47 Å². The minimum Gasteiger partial charge on any atom is -0.486 e. The summed E-state index contributed by atoms with van der Waals surface area (Å²) >= 11 is 0. The Bertz CT molecular complexity index is 1520. The Morgan fingerprint density at radius 3 is 2.53 bits per heavy atom. The van der Waals surface area contributed by atoms with Gasteiger partial charge in [0, 0.05) is 11.6 Å². The third-order valence-corrected chi connectivity index (χ3v) is 8.14. The number of nitrogens with zero attached hydrogens (tertiary/aromatic N) is 2. The summed E-state index contributed by atoms with van der Waals surface area (Å²) in [5.41, 5.74) is 0.335. The van der Waals surface area contributed by atoms with Crippen LogP contribution in [-0.4, -0.2) is 33.3 Å². The molecule has 1 aliphatic heterocycles. The van der Waals surface area contributed by atoms with Gasteiger partial charge in [0.2, 0.25) is 0 Å². The zero-order valence-electron chi connectivity index (χ0n) is 23.1. The molecule has 0 spiro atoms. The van der Waals surface area contributed by atoms with Crippen molar-refractivity contribution >= 4 is 5.97 Å². The van der Waals surface area contributed by atoms with Crippen LogP contribution >= 0.6 is 0 Å². The van der Waals surface area contributed by atoms with Gasteiger partial charge in [0.1, 0.15) is 18.0 Å². The molecule has 0 bridgehead atoms. The van der Waals surface area contributed by atoms with Crippen LogP contribution in [0.15, 0.2) is 42.5 Å². The van der Waals surface area contributed by atoms with E-state index in [0.717, 1.165) is 0 Å². The Kier molecular flexibility index (Phi) is 7.47. The maximum absolute atomic E-state index is 14.1. The molecule has 2 aliphatic carbocycles. The number of aromatic nitrogens is 2. The quantitative estimate of drug-likeness (QED) is 0.280. The third kappa shape index (κ3) is 5.99. The van der Waals surface area contributed by atoms with Gasteiger partial charge in [-0.15, -0.1) is 8.78 Å². The Morgan fingerprint density at radius 2 is 1.81 bits per heavy atom. The predicted molar refractivity (Wildman–Crippen MR) is 140 cm³/mol. The van der Waals surface area contributed by atoms with Gasteiger partial charge in [0.05, 0.1) is 23.4 Å². The van der Waals surface area contributed by atoms with E-state index in [1.165, 1.54) is 16.8 Å². The standard InChI is InChI=1S/C30H29F5N2O6/c1-16(18-10-13-23-25(14-18)43-30(34,35)42-23)40-21-5-2-4-19(15-21)37-26-22(27(36-37)29(31,32)33)6-3-7-24(26)41-20-11-8-17(9-12-20)28(38)39/h2,4-5,10,13-17,20,24H,3,6-9,11-12H2,1H3,(H,38,39)/t16-,17-,20-,24?/m1/s1. The first-order valence-corrected chi connectivity index (χ1v) is 14.1. The van der Waals surface area contributed by atoms with Crippen LogP contribution in [0.3, 0.4) is 0 Å². The Labute approximate surface area is 243 Å². The highest BCUT2D eigenvalue weighted by molar-refractivity contribution is 5.70. The van der Waals surface area contributed by atoms with Crippen LogP contribution in [0.4, 0.5) is 22.0 Å². The fourth-order valence-electron chi connectivity index (χ4n) is 6.06. The van der Waals surface area contributed by atoms with Crippen LogP contribution in [0, 0.1) is 5.92 Å². The molecule has 8 nitrogen and oxygen atoms in total. The van der Waals surface area contributed by atoms with Gasteiger partial charge < -0.3 is 24.1 Å². The number of ether oxygens (including phenoxy) is 4.